The minimum Gasteiger partial charge on any atom is -0.388 e. The number of hydrogen-bond acceptors (Lipinski definition) is 1. The lowest BCUT2D eigenvalue weighted by Gasteiger charge is -2.31. The van der Waals surface area contributed by atoms with Gasteiger partial charge in [-0.15, -0.1) is 0 Å². The highest BCUT2D eigenvalue weighted by Gasteiger charge is 2.28. The summed E-state index contributed by atoms with van der Waals surface area (Å²) in [6.45, 7) is 4.09. The van der Waals surface area contributed by atoms with Gasteiger partial charge in [0, 0.05) is 5.56 Å². The Bertz CT molecular complexity index is 394. The van der Waals surface area contributed by atoms with E-state index in [0.717, 1.165) is 24.3 Å². The highest BCUT2D eigenvalue weighted by molar-refractivity contribution is 5.25. The average Bonchev–Trinajstić information content (AvgIpc) is 2.38. The van der Waals surface area contributed by atoms with Gasteiger partial charge in [-0.25, -0.2) is 4.39 Å². The molecule has 0 spiro atoms. The fourth-order valence-corrected chi connectivity index (χ4v) is 3.04. The van der Waals surface area contributed by atoms with Crippen LogP contribution in [-0.2, 0) is 0 Å². The van der Waals surface area contributed by atoms with E-state index in [2.05, 4.69) is 6.92 Å². The van der Waals surface area contributed by atoms with Gasteiger partial charge in [0.25, 0.3) is 0 Å². The maximum absolute atomic E-state index is 13.8. The number of aliphatic hydroxyl groups excluding tert-OH is 1. The van der Waals surface area contributed by atoms with Crippen LogP contribution in [0.25, 0.3) is 0 Å². The zero-order chi connectivity index (χ0) is 13.1. The van der Waals surface area contributed by atoms with Gasteiger partial charge >= 0.3 is 0 Å². The minimum atomic E-state index is -0.636. The molecule has 0 heterocycles. The van der Waals surface area contributed by atoms with Crippen molar-refractivity contribution < 1.29 is 9.50 Å². The molecule has 18 heavy (non-hydrogen) atoms. The Morgan fingerprint density at radius 2 is 1.94 bits per heavy atom. The molecule has 0 saturated heterocycles. The van der Waals surface area contributed by atoms with Crippen LogP contribution in [0.2, 0.25) is 0 Å². The average molecular weight is 250 g/mol. The van der Waals surface area contributed by atoms with Gasteiger partial charge in [-0.2, -0.15) is 0 Å². The number of aryl methyl sites for hydroxylation is 1. The van der Waals surface area contributed by atoms with E-state index in [1.165, 1.54) is 25.3 Å². The summed E-state index contributed by atoms with van der Waals surface area (Å²) in [6, 6.07) is 5.12. The van der Waals surface area contributed by atoms with E-state index in [9.17, 15) is 9.50 Å². The van der Waals surface area contributed by atoms with Crippen molar-refractivity contribution in [1.29, 1.82) is 0 Å². The van der Waals surface area contributed by atoms with Crippen LogP contribution in [0.5, 0.6) is 0 Å². The molecule has 1 nitrogen and oxygen atoms in total. The first-order chi connectivity index (χ1) is 8.61. The molecule has 1 N–H and O–H groups in total. The zero-order valence-corrected chi connectivity index (χ0v) is 11.3. The number of rotatable bonds is 3. The lowest BCUT2D eigenvalue weighted by molar-refractivity contribution is 0.0700. The van der Waals surface area contributed by atoms with Crippen molar-refractivity contribution in [3.05, 3.63) is 35.1 Å². The van der Waals surface area contributed by atoms with Crippen LogP contribution >= 0.6 is 0 Å². The third kappa shape index (κ3) is 2.92. The normalized spacial score (nSPS) is 26.0. The van der Waals surface area contributed by atoms with E-state index >= 15 is 0 Å². The molecule has 0 aromatic heterocycles. The molecule has 100 valence electrons. The molecule has 1 aliphatic rings. The molecule has 0 bridgehead atoms. The van der Waals surface area contributed by atoms with Crippen LogP contribution in [0.1, 0.15) is 56.3 Å². The fraction of sp³-hybridized carbons (Fsp3) is 0.625. The van der Waals surface area contributed by atoms with E-state index in [1.807, 2.05) is 13.0 Å². The highest BCUT2D eigenvalue weighted by atomic mass is 19.1. The monoisotopic (exact) mass is 250 g/mol. The summed E-state index contributed by atoms with van der Waals surface area (Å²) in [5.74, 6) is 0.765. The van der Waals surface area contributed by atoms with Gasteiger partial charge in [-0.05, 0) is 43.2 Å². The second-order valence-corrected chi connectivity index (χ2v) is 5.66. The Balaban J connectivity index is 2.05. The summed E-state index contributed by atoms with van der Waals surface area (Å²) in [7, 11) is 0. The number of hydrogen-bond donors (Lipinski definition) is 1. The second-order valence-electron chi connectivity index (χ2n) is 5.66. The summed E-state index contributed by atoms with van der Waals surface area (Å²) in [6.07, 6.45) is 4.97. The minimum absolute atomic E-state index is 0.227. The molecule has 2 heteroatoms. The van der Waals surface area contributed by atoms with E-state index in [-0.39, 0.29) is 11.7 Å². The lowest BCUT2D eigenvalue weighted by Crippen LogP contribution is -2.21. The van der Waals surface area contributed by atoms with Crippen LogP contribution in [-0.4, -0.2) is 5.11 Å². The zero-order valence-electron chi connectivity index (χ0n) is 11.3. The third-order valence-electron chi connectivity index (χ3n) is 4.39. The summed E-state index contributed by atoms with van der Waals surface area (Å²) in [5.41, 5.74) is 1.37. The van der Waals surface area contributed by atoms with Gasteiger partial charge in [-0.3, -0.25) is 0 Å². The van der Waals surface area contributed by atoms with Crippen LogP contribution in [0, 0.1) is 24.6 Å². The van der Waals surface area contributed by atoms with Gasteiger partial charge in [0.15, 0.2) is 0 Å². The number of halogens is 1. The summed E-state index contributed by atoms with van der Waals surface area (Å²) >= 11 is 0. The molecule has 1 aromatic rings. The molecule has 1 atom stereocenters. The molecule has 0 amide bonds. The van der Waals surface area contributed by atoms with Gasteiger partial charge in [-0.1, -0.05) is 38.3 Å². The van der Waals surface area contributed by atoms with Crippen molar-refractivity contribution >= 4 is 0 Å². The maximum Gasteiger partial charge on any atom is 0.129 e. The number of aliphatic hydroxyl groups is 1. The van der Waals surface area contributed by atoms with E-state index in [0.29, 0.717) is 5.56 Å². The first-order valence-electron chi connectivity index (χ1n) is 7.06. The van der Waals surface area contributed by atoms with Gasteiger partial charge in [0.1, 0.15) is 5.82 Å². The highest BCUT2D eigenvalue weighted by Crippen LogP contribution is 2.38. The fourth-order valence-electron chi connectivity index (χ4n) is 3.04. The second kappa shape index (κ2) is 5.83. The Morgan fingerprint density at radius 1 is 1.28 bits per heavy atom. The Hall–Kier alpha value is -0.890. The van der Waals surface area contributed by atoms with E-state index < -0.39 is 6.10 Å². The smallest absolute Gasteiger partial charge is 0.129 e. The van der Waals surface area contributed by atoms with Crippen molar-refractivity contribution in [2.45, 2.75) is 52.1 Å². The van der Waals surface area contributed by atoms with Crippen LogP contribution in [0.15, 0.2) is 18.2 Å². The molecular formula is C16H23FO. The van der Waals surface area contributed by atoms with Crippen molar-refractivity contribution in [1.82, 2.24) is 0 Å². The molecule has 0 aliphatic heterocycles. The largest absolute Gasteiger partial charge is 0.388 e. The molecule has 1 fully saturated rings. The summed E-state index contributed by atoms with van der Waals surface area (Å²) < 4.78 is 13.8. The molecule has 1 unspecified atom stereocenters. The van der Waals surface area contributed by atoms with Gasteiger partial charge in [0.2, 0.25) is 0 Å². The van der Waals surface area contributed by atoms with Crippen molar-refractivity contribution in [3.63, 3.8) is 0 Å². The van der Waals surface area contributed by atoms with E-state index in [4.69, 9.17) is 0 Å². The molecule has 0 radical (unpaired) electrons. The number of benzene rings is 1. The molecular weight excluding hydrogens is 227 g/mol. The Morgan fingerprint density at radius 3 is 2.50 bits per heavy atom. The SMILES string of the molecule is CCC1CCC(C(O)c2ccc(C)cc2F)CC1. The van der Waals surface area contributed by atoms with Crippen LogP contribution < -0.4 is 0 Å². The standard InChI is InChI=1S/C16H23FO/c1-3-12-5-7-13(8-6-12)16(18)14-9-4-11(2)10-15(14)17/h4,9-10,12-13,16,18H,3,5-8H2,1-2H3. The molecule has 1 aromatic carbocycles. The Kier molecular flexibility index (Phi) is 4.39. The predicted molar refractivity (Wildman–Crippen MR) is 71.8 cm³/mol. The third-order valence-corrected chi connectivity index (χ3v) is 4.39. The first kappa shape index (κ1) is 13.5. The van der Waals surface area contributed by atoms with Gasteiger partial charge < -0.3 is 5.11 Å². The predicted octanol–water partition coefficient (Wildman–Crippen LogP) is 4.38. The maximum atomic E-state index is 13.8. The van der Waals surface area contributed by atoms with Crippen LogP contribution in [0.3, 0.4) is 0 Å². The molecule has 2 rings (SSSR count). The van der Waals surface area contributed by atoms with Gasteiger partial charge in [0.05, 0.1) is 6.10 Å². The van der Waals surface area contributed by atoms with Crippen LogP contribution in [0.4, 0.5) is 4.39 Å². The topological polar surface area (TPSA) is 20.2 Å². The summed E-state index contributed by atoms with van der Waals surface area (Å²) in [5, 5.41) is 10.3. The molecule has 1 saturated carbocycles. The van der Waals surface area contributed by atoms with Crippen molar-refractivity contribution in [3.8, 4) is 0 Å². The lowest BCUT2D eigenvalue weighted by atomic mass is 9.77. The first-order valence-corrected chi connectivity index (χ1v) is 7.06. The van der Waals surface area contributed by atoms with E-state index in [1.54, 1.807) is 6.07 Å². The van der Waals surface area contributed by atoms with Crippen molar-refractivity contribution in [2.75, 3.05) is 0 Å². The Labute approximate surface area is 109 Å². The summed E-state index contributed by atoms with van der Waals surface area (Å²) in [4.78, 5) is 0. The quantitative estimate of drug-likeness (QED) is 0.843. The molecule has 1 aliphatic carbocycles. The van der Waals surface area contributed by atoms with Crippen molar-refractivity contribution in [2.24, 2.45) is 11.8 Å².